The predicted octanol–water partition coefficient (Wildman–Crippen LogP) is 3.56. The normalized spacial score (nSPS) is 16.2. The van der Waals surface area contributed by atoms with Crippen LogP contribution in [-0.4, -0.2) is 46.3 Å². The SMILES string of the molecule is CSCCC(=O)N1CCC[C@H]1C(=O)Nc1ccccc1Oc1cccnc1. The first-order chi connectivity index (χ1) is 13.2. The van der Waals surface area contributed by atoms with Gasteiger partial charge in [0.1, 0.15) is 11.8 Å². The lowest BCUT2D eigenvalue weighted by Gasteiger charge is -2.24. The molecule has 7 heteroatoms. The molecule has 6 nitrogen and oxygen atoms in total. The minimum atomic E-state index is -0.425. The molecule has 2 amide bonds. The number of amides is 2. The first-order valence-corrected chi connectivity index (χ1v) is 10.3. The van der Waals surface area contributed by atoms with E-state index in [0.29, 0.717) is 36.6 Å². The molecule has 0 unspecified atom stereocenters. The van der Waals surface area contributed by atoms with Gasteiger partial charge in [0.2, 0.25) is 11.8 Å². The van der Waals surface area contributed by atoms with Crippen LogP contribution in [0, 0.1) is 0 Å². The molecule has 0 bridgehead atoms. The van der Waals surface area contributed by atoms with E-state index in [0.717, 1.165) is 12.2 Å². The van der Waals surface area contributed by atoms with Crippen LogP contribution in [-0.2, 0) is 9.59 Å². The Hall–Kier alpha value is -2.54. The smallest absolute Gasteiger partial charge is 0.247 e. The molecule has 0 saturated carbocycles. The standard InChI is InChI=1S/C20H23N3O3S/c1-27-13-10-19(24)23-12-5-8-17(23)20(25)22-16-7-2-3-9-18(16)26-15-6-4-11-21-14-15/h2-4,6-7,9,11,14,17H,5,8,10,12-13H2,1H3,(H,22,25)/t17-/m0/s1. The van der Waals surface area contributed by atoms with Crippen LogP contribution in [0.3, 0.4) is 0 Å². The van der Waals surface area contributed by atoms with E-state index in [1.54, 1.807) is 53.3 Å². The van der Waals surface area contributed by atoms with Gasteiger partial charge in [-0.05, 0) is 43.4 Å². The lowest BCUT2D eigenvalue weighted by atomic mass is 10.2. The molecule has 1 aromatic carbocycles. The summed E-state index contributed by atoms with van der Waals surface area (Å²) in [6.07, 6.45) is 7.25. The zero-order chi connectivity index (χ0) is 19.1. The fourth-order valence-electron chi connectivity index (χ4n) is 3.08. The van der Waals surface area contributed by atoms with Gasteiger partial charge in [0.15, 0.2) is 5.75 Å². The zero-order valence-electron chi connectivity index (χ0n) is 15.3. The molecule has 2 heterocycles. The van der Waals surface area contributed by atoms with Crippen LogP contribution in [0.5, 0.6) is 11.5 Å². The molecule has 1 aliphatic heterocycles. The lowest BCUT2D eigenvalue weighted by Crippen LogP contribution is -2.43. The van der Waals surface area contributed by atoms with Gasteiger partial charge in [-0.15, -0.1) is 0 Å². The van der Waals surface area contributed by atoms with Crippen molar-refractivity contribution in [2.24, 2.45) is 0 Å². The van der Waals surface area contributed by atoms with E-state index in [4.69, 9.17) is 4.74 Å². The second-order valence-electron chi connectivity index (χ2n) is 6.26. The number of likely N-dealkylation sites (tertiary alicyclic amines) is 1. The van der Waals surface area contributed by atoms with Crippen molar-refractivity contribution in [3.63, 3.8) is 0 Å². The number of carbonyl (C=O) groups excluding carboxylic acids is 2. The molecule has 0 spiro atoms. The third kappa shape index (κ3) is 5.01. The van der Waals surface area contributed by atoms with Gasteiger partial charge in [-0.2, -0.15) is 11.8 Å². The fraction of sp³-hybridized carbons (Fsp3) is 0.350. The van der Waals surface area contributed by atoms with Crippen molar-refractivity contribution in [1.82, 2.24) is 9.88 Å². The Balaban J connectivity index is 1.69. The van der Waals surface area contributed by atoms with Crippen molar-refractivity contribution < 1.29 is 14.3 Å². The number of carbonyl (C=O) groups is 2. The maximum atomic E-state index is 12.8. The van der Waals surface area contributed by atoms with Crippen LogP contribution in [0.25, 0.3) is 0 Å². The average molecular weight is 385 g/mol. The summed E-state index contributed by atoms with van der Waals surface area (Å²) in [7, 11) is 0. The Bertz CT molecular complexity index is 785. The summed E-state index contributed by atoms with van der Waals surface area (Å²) in [6.45, 7) is 0.638. The summed E-state index contributed by atoms with van der Waals surface area (Å²) in [5.41, 5.74) is 0.578. The van der Waals surface area contributed by atoms with Gasteiger partial charge < -0.3 is 15.0 Å². The predicted molar refractivity (Wildman–Crippen MR) is 107 cm³/mol. The second kappa shape index (κ2) is 9.41. The van der Waals surface area contributed by atoms with E-state index in [1.807, 2.05) is 18.4 Å². The van der Waals surface area contributed by atoms with E-state index >= 15 is 0 Å². The number of para-hydroxylation sites is 2. The summed E-state index contributed by atoms with van der Waals surface area (Å²) in [6, 6.07) is 10.4. The van der Waals surface area contributed by atoms with Gasteiger partial charge >= 0.3 is 0 Å². The van der Waals surface area contributed by atoms with Gasteiger partial charge in [-0.1, -0.05) is 12.1 Å². The highest BCUT2D eigenvalue weighted by molar-refractivity contribution is 7.98. The fourth-order valence-corrected chi connectivity index (χ4v) is 3.46. The number of aromatic nitrogens is 1. The number of anilines is 1. The molecule has 1 aromatic heterocycles. The topological polar surface area (TPSA) is 71.5 Å². The largest absolute Gasteiger partial charge is 0.454 e. The minimum Gasteiger partial charge on any atom is -0.454 e. The number of thioether (sulfide) groups is 1. The second-order valence-corrected chi connectivity index (χ2v) is 7.25. The molecule has 142 valence electrons. The van der Waals surface area contributed by atoms with Crippen molar-refractivity contribution >= 4 is 29.3 Å². The first-order valence-electron chi connectivity index (χ1n) is 8.95. The van der Waals surface area contributed by atoms with Crippen LogP contribution >= 0.6 is 11.8 Å². The molecule has 1 aliphatic rings. The number of ether oxygens (including phenoxy) is 1. The molecule has 1 N–H and O–H groups in total. The third-order valence-corrected chi connectivity index (χ3v) is 5.02. The lowest BCUT2D eigenvalue weighted by molar-refractivity contribution is -0.136. The van der Waals surface area contributed by atoms with Crippen LogP contribution in [0.1, 0.15) is 19.3 Å². The number of hydrogen-bond acceptors (Lipinski definition) is 5. The van der Waals surface area contributed by atoms with E-state index < -0.39 is 6.04 Å². The van der Waals surface area contributed by atoms with Crippen molar-refractivity contribution in [2.45, 2.75) is 25.3 Å². The van der Waals surface area contributed by atoms with Crippen LogP contribution < -0.4 is 10.1 Å². The number of nitrogens with zero attached hydrogens (tertiary/aromatic N) is 2. The monoisotopic (exact) mass is 385 g/mol. The maximum absolute atomic E-state index is 12.8. The molecule has 1 fully saturated rings. The van der Waals surface area contributed by atoms with Gasteiger partial charge in [0, 0.05) is 24.9 Å². The van der Waals surface area contributed by atoms with Gasteiger partial charge in [-0.25, -0.2) is 0 Å². The number of benzene rings is 1. The first kappa shape index (κ1) is 19.2. The summed E-state index contributed by atoms with van der Waals surface area (Å²) < 4.78 is 5.84. The maximum Gasteiger partial charge on any atom is 0.247 e. The van der Waals surface area contributed by atoms with Gasteiger partial charge in [0.05, 0.1) is 11.9 Å². The van der Waals surface area contributed by atoms with Crippen molar-refractivity contribution in [1.29, 1.82) is 0 Å². The molecular formula is C20H23N3O3S. The highest BCUT2D eigenvalue weighted by Crippen LogP contribution is 2.30. The van der Waals surface area contributed by atoms with Crippen LogP contribution in [0.4, 0.5) is 5.69 Å². The summed E-state index contributed by atoms with van der Waals surface area (Å²) in [5, 5.41) is 2.93. The van der Waals surface area contributed by atoms with E-state index in [2.05, 4.69) is 10.3 Å². The Kier molecular flexibility index (Phi) is 6.70. The Morgan fingerprint density at radius 1 is 1.30 bits per heavy atom. The Labute approximate surface area is 163 Å². The summed E-state index contributed by atoms with van der Waals surface area (Å²) in [4.78, 5) is 30.9. The van der Waals surface area contributed by atoms with Crippen LogP contribution in [0.15, 0.2) is 48.8 Å². The summed E-state index contributed by atoms with van der Waals surface area (Å²) in [5.74, 6) is 1.77. The van der Waals surface area contributed by atoms with E-state index in [1.165, 1.54) is 0 Å². The van der Waals surface area contributed by atoms with Crippen LogP contribution in [0.2, 0.25) is 0 Å². The molecule has 1 atom stereocenters. The van der Waals surface area contributed by atoms with Crippen molar-refractivity contribution in [3.8, 4) is 11.5 Å². The molecular weight excluding hydrogens is 362 g/mol. The van der Waals surface area contributed by atoms with Crippen molar-refractivity contribution in [2.75, 3.05) is 23.9 Å². The number of pyridine rings is 1. The highest BCUT2D eigenvalue weighted by Gasteiger charge is 2.33. The minimum absolute atomic E-state index is 0.0434. The van der Waals surface area contributed by atoms with Crippen molar-refractivity contribution in [3.05, 3.63) is 48.8 Å². The Morgan fingerprint density at radius 2 is 2.15 bits per heavy atom. The molecule has 2 aromatic rings. The molecule has 0 aliphatic carbocycles. The summed E-state index contributed by atoms with van der Waals surface area (Å²) >= 11 is 1.63. The number of rotatable bonds is 7. The third-order valence-electron chi connectivity index (χ3n) is 4.40. The van der Waals surface area contributed by atoms with E-state index in [-0.39, 0.29) is 11.8 Å². The molecule has 27 heavy (non-hydrogen) atoms. The molecule has 0 radical (unpaired) electrons. The highest BCUT2D eigenvalue weighted by atomic mass is 32.2. The Morgan fingerprint density at radius 3 is 2.93 bits per heavy atom. The average Bonchev–Trinajstić information content (AvgIpc) is 3.18. The van der Waals surface area contributed by atoms with E-state index in [9.17, 15) is 9.59 Å². The van der Waals surface area contributed by atoms with Gasteiger partial charge in [0.25, 0.3) is 0 Å². The number of nitrogens with one attached hydrogen (secondary N) is 1. The molecule has 1 saturated heterocycles. The van der Waals surface area contributed by atoms with Gasteiger partial charge in [-0.3, -0.25) is 14.6 Å². The molecule has 3 rings (SSSR count). The number of hydrogen-bond donors (Lipinski definition) is 1. The zero-order valence-corrected chi connectivity index (χ0v) is 16.1. The quantitative estimate of drug-likeness (QED) is 0.789.